The van der Waals surface area contributed by atoms with Crippen molar-refractivity contribution in [3.8, 4) is 5.75 Å². The van der Waals surface area contributed by atoms with E-state index in [0.717, 1.165) is 0 Å². The Morgan fingerprint density at radius 2 is 1.31 bits per heavy atom. The van der Waals surface area contributed by atoms with E-state index >= 15 is 0 Å². The lowest BCUT2D eigenvalue weighted by Crippen LogP contribution is -1.84. The van der Waals surface area contributed by atoms with Gasteiger partial charge in [-0.3, -0.25) is 4.79 Å². The molecular weight excluding hydrogens is 224 g/mol. The summed E-state index contributed by atoms with van der Waals surface area (Å²) in [5, 5.41) is 8.23. The molecule has 0 aliphatic rings. The third kappa shape index (κ3) is 4.62. The first-order valence-electron chi connectivity index (χ1n) is 4.69. The van der Waals surface area contributed by atoms with E-state index in [9.17, 15) is 4.79 Å². The number of para-hydroxylation sites is 1. The standard InChI is InChI=1S/C7H5ClO.C6H6O/c8-7(9)6-4-2-1-3-5-6;7-6-4-2-1-3-5-6/h1-5H;1-5,7H. The van der Waals surface area contributed by atoms with Crippen LogP contribution in [0.1, 0.15) is 10.4 Å². The van der Waals surface area contributed by atoms with Crippen LogP contribution < -0.4 is 0 Å². The molecule has 0 amide bonds. The van der Waals surface area contributed by atoms with Crippen LogP contribution in [0.5, 0.6) is 5.75 Å². The number of benzene rings is 2. The first-order chi connectivity index (χ1) is 7.70. The molecule has 2 rings (SSSR count). The average Bonchev–Trinajstić information content (AvgIpc) is 2.32. The number of phenols is 1. The summed E-state index contributed by atoms with van der Waals surface area (Å²) in [5.41, 5.74) is 0.541. The van der Waals surface area contributed by atoms with Crippen LogP contribution in [0.4, 0.5) is 0 Å². The quantitative estimate of drug-likeness (QED) is 0.768. The van der Waals surface area contributed by atoms with Gasteiger partial charge in [-0.15, -0.1) is 0 Å². The third-order valence-electron chi connectivity index (χ3n) is 1.76. The molecule has 16 heavy (non-hydrogen) atoms. The van der Waals surface area contributed by atoms with Gasteiger partial charge in [0.1, 0.15) is 5.75 Å². The molecule has 82 valence electrons. The lowest BCUT2D eigenvalue weighted by atomic mass is 10.2. The van der Waals surface area contributed by atoms with E-state index in [0.29, 0.717) is 11.3 Å². The van der Waals surface area contributed by atoms with Crippen LogP contribution in [0.3, 0.4) is 0 Å². The summed E-state index contributed by atoms with van der Waals surface area (Å²) in [6, 6.07) is 17.4. The minimum Gasteiger partial charge on any atom is -0.508 e. The summed E-state index contributed by atoms with van der Waals surface area (Å²) >= 11 is 5.16. The Morgan fingerprint density at radius 1 is 0.875 bits per heavy atom. The first-order valence-corrected chi connectivity index (χ1v) is 5.07. The summed E-state index contributed by atoms with van der Waals surface area (Å²) in [5.74, 6) is 0.322. The number of hydrogen-bond donors (Lipinski definition) is 1. The molecule has 0 saturated carbocycles. The molecule has 2 aromatic carbocycles. The van der Waals surface area contributed by atoms with Gasteiger partial charge in [0.2, 0.25) is 0 Å². The average molecular weight is 235 g/mol. The van der Waals surface area contributed by atoms with Gasteiger partial charge in [0, 0.05) is 5.56 Å². The highest BCUT2D eigenvalue weighted by Gasteiger charge is 1.95. The minimum atomic E-state index is -0.407. The zero-order chi connectivity index (χ0) is 11.8. The maximum Gasteiger partial charge on any atom is 0.252 e. The van der Waals surface area contributed by atoms with Crippen molar-refractivity contribution >= 4 is 16.8 Å². The summed E-state index contributed by atoms with van der Waals surface area (Å²) in [6.45, 7) is 0. The molecule has 2 nitrogen and oxygen atoms in total. The van der Waals surface area contributed by atoms with Crippen molar-refractivity contribution in [3.05, 3.63) is 66.2 Å². The highest BCUT2D eigenvalue weighted by Crippen LogP contribution is 2.03. The van der Waals surface area contributed by atoms with Crippen LogP contribution in [-0.2, 0) is 0 Å². The van der Waals surface area contributed by atoms with E-state index in [4.69, 9.17) is 16.7 Å². The van der Waals surface area contributed by atoms with Crippen molar-refractivity contribution in [2.45, 2.75) is 0 Å². The van der Waals surface area contributed by atoms with Crippen molar-refractivity contribution in [2.24, 2.45) is 0 Å². The van der Waals surface area contributed by atoms with Crippen molar-refractivity contribution in [1.29, 1.82) is 0 Å². The Balaban J connectivity index is 0.000000165. The van der Waals surface area contributed by atoms with E-state index in [1.807, 2.05) is 12.1 Å². The number of carbonyl (C=O) groups is 1. The Hall–Kier alpha value is -1.80. The Kier molecular flexibility index (Phi) is 5.09. The van der Waals surface area contributed by atoms with E-state index in [1.54, 1.807) is 48.5 Å². The predicted octanol–water partition coefficient (Wildman–Crippen LogP) is 3.46. The third-order valence-corrected chi connectivity index (χ3v) is 1.98. The van der Waals surface area contributed by atoms with Crippen LogP contribution in [0, 0.1) is 0 Å². The van der Waals surface area contributed by atoms with Gasteiger partial charge in [0.25, 0.3) is 5.24 Å². The molecule has 0 bridgehead atoms. The summed E-state index contributed by atoms with van der Waals surface area (Å²) in [6.07, 6.45) is 0. The SMILES string of the molecule is O=C(Cl)c1ccccc1.Oc1ccccc1. The normalized spacial score (nSPS) is 8.81. The fraction of sp³-hybridized carbons (Fsp3) is 0. The number of hydrogen-bond acceptors (Lipinski definition) is 2. The second kappa shape index (κ2) is 6.64. The molecule has 0 saturated heterocycles. The maximum atomic E-state index is 10.4. The van der Waals surface area contributed by atoms with Crippen LogP contribution in [-0.4, -0.2) is 10.3 Å². The fourth-order valence-corrected chi connectivity index (χ4v) is 1.12. The van der Waals surface area contributed by atoms with E-state index in [2.05, 4.69) is 0 Å². The molecular formula is C13H11ClO2. The van der Waals surface area contributed by atoms with Gasteiger partial charge in [-0.25, -0.2) is 0 Å². The van der Waals surface area contributed by atoms with Gasteiger partial charge in [0.05, 0.1) is 0 Å². The van der Waals surface area contributed by atoms with Crippen molar-refractivity contribution in [3.63, 3.8) is 0 Å². The molecule has 0 aliphatic heterocycles. The number of halogens is 1. The number of phenolic OH excluding ortho intramolecular Hbond substituents is 1. The minimum absolute atomic E-state index is 0.322. The van der Waals surface area contributed by atoms with Crippen molar-refractivity contribution in [2.75, 3.05) is 0 Å². The molecule has 2 aromatic rings. The van der Waals surface area contributed by atoms with Crippen molar-refractivity contribution in [1.82, 2.24) is 0 Å². The molecule has 1 N–H and O–H groups in total. The molecule has 0 atom stereocenters. The van der Waals surface area contributed by atoms with Gasteiger partial charge >= 0.3 is 0 Å². The predicted molar refractivity (Wildman–Crippen MR) is 64.7 cm³/mol. The number of carbonyl (C=O) groups excluding carboxylic acids is 1. The molecule has 3 heteroatoms. The molecule has 0 unspecified atom stereocenters. The molecule has 0 fully saturated rings. The fourth-order valence-electron chi connectivity index (χ4n) is 0.997. The summed E-state index contributed by atoms with van der Waals surface area (Å²) < 4.78 is 0. The largest absolute Gasteiger partial charge is 0.508 e. The Labute approximate surface area is 99.1 Å². The molecule has 0 aromatic heterocycles. The van der Waals surface area contributed by atoms with E-state index in [1.165, 1.54) is 0 Å². The van der Waals surface area contributed by atoms with Crippen LogP contribution in [0.15, 0.2) is 60.7 Å². The van der Waals surface area contributed by atoms with E-state index < -0.39 is 5.24 Å². The zero-order valence-electron chi connectivity index (χ0n) is 8.51. The van der Waals surface area contributed by atoms with E-state index in [-0.39, 0.29) is 0 Å². The lowest BCUT2D eigenvalue weighted by molar-refractivity contribution is 0.108. The van der Waals surface area contributed by atoms with Crippen LogP contribution in [0.2, 0.25) is 0 Å². The Bertz CT molecular complexity index is 426. The topological polar surface area (TPSA) is 37.3 Å². The highest BCUT2D eigenvalue weighted by molar-refractivity contribution is 6.67. The molecule has 0 heterocycles. The van der Waals surface area contributed by atoms with Gasteiger partial charge < -0.3 is 5.11 Å². The second-order valence-electron chi connectivity index (χ2n) is 2.98. The zero-order valence-corrected chi connectivity index (χ0v) is 9.26. The summed E-state index contributed by atoms with van der Waals surface area (Å²) in [7, 11) is 0. The van der Waals surface area contributed by atoms with Gasteiger partial charge in [0.15, 0.2) is 0 Å². The van der Waals surface area contributed by atoms with Gasteiger partial charge in [-0.1, -0.05) is 48.5 Å². The summed E-state index contributed by atoms with van der Waals surface area (Å²) in [4.78, 5) is 10.4. The van der Waals surface area contributed by atoms with Crippen LogP contribution in [0.25, 0.3) is 0 Å². The van der Waals surface area contributed by atoms with Crippen molar-refractivity contribution < 1.29 is 9.90 Å². The number of aromatic hydroxyl groups is 1. The number of rotatable bonds is 1. The lowest BCUT2D eigenvalue weighted by Gasteiger charge is -1.87. The maximum absolute atomic E-state index is 10.4. The smallest absolute Gasteiger partial charge is 0.252 e. The van der Waals surface area contributed by atoms with Gasteiger partial charge in [-0.05, 0) is 23.7 Å². The Morgan fingerprint density at radius 3 is 1.56 bits per heavy atom. The van der Waals surface area contributed by atoms with Crippen LogP contribution >= 0.6 is 11.6 Å². The second-order valence-corrected chi connectivity index (χ2v) is 3.32. The van der Waals surface area contributed by atoms with Gasteiger partial charge in [-0.2, -0.15) is 0 Å². The molecule has 0 spiro atoms. The molecule has 0 aliphatic carbocycles. The first kappa shape index (κ1) is 12.3. The monoisotopic (exact) mass is 234 g/mol. The molecule has 0 radical (unpaired) electrons. The highest BCUT2D eigenvalue weighted by atomic mass is 35.5.